The number of nitrogens with one attached hydrogen (secondary N) is 1. The second-order valence-corrected chi connectivity index (χ2v) is 19.0. The Labute approximate surface area is 410 Å². The maximum atomic E-state index is 13.2. The van der Waals surface area contributed by atoms with Gasteiger partial charge in [-0.1, -0.05) is 165 Å². The summed E-state index contributed by atoms with van der Waals surface area (Å²) in [4.78, 5) is 13.2. The summed E-state index contributed by atoms with van der Waals surface area (Å²) in [5.41, 5.74) is 0. The third-order valence-corrected chi connectivity index (χ3v) is 13.0. The van der Waals surface area contributed by atoms with Crippen molar-refractivity contribution in [1.29, 1.82) is 0 Å². The normalized spacial score (nSPS) is 26.7. The lowest BCUT2D eigenvalue weighted by Gasteiger charge is -2.46. The van der Waals surface area contributed by atoms with Crippen molar-refractivity contribution in [1.82, 2.24) is 5.32 Å². The Kier molecular flexibility index (Phi) is 37.0. The van der Waals surface area contributed by atoms with Gasteiger partial charge in [0.05, 0.1) is 32.0 Å². The van der Waals surface area contributed by atoms with E-state index in [2.05, 4.69) is 55.6 Å². The molecular weight excluding hydrogens is 871 g/mol. The number of unbranched alkanes of at least 4 members (excludes halogenated alkanes) is 22. The minimum atomic E-state index is -1.79. The molecule has 2 fully saturated rings. The van der Waals surface area contributed by atoms with Crippen LogP contribution in [0.15, 0.2) is 48.6 Å². The largest absolute Gasteiger partial charge is 0.394 e. The molecule has 0 radical (unpaired) electrons. The fourth-order valence-corrected chi connectivity index (χ4v) is 8.55. The zero-order chi connectivity index (χ0) is 49.6. The van der Waals surface area contributed by atoms with Crippen LogP contribution in [0.1, 0.15) is 194 Å². The van der Waals surface area contributed by atoms with Crippen molar-refractivity contribution in [2.45, 2.75) is 267 Å². The van der Waals surface area contributed by atoms with Crippen molar-refractivity contribution in [3.05, 3.63) is 48.6 Å². The molecule has 12 atom stereocenters. The highest BCUT2D eigenvalue weighted by atomic mass is 16.7. The van der Waals surface area contributed by atoms with Gasteiger partial charge < -0.3 is 65.1 Å². The zero-order valence-corrected chi connectivity index (χ0v) is 42.1. The van der Waals surface area contributed by atoms with Crippen molar-refractivity contribution in [3.63, 3.8) is 0 Å². The molecule has 0 aromatic carbocycles. The summed E-state index contributed by atoms with van der Waals surface area (Å²) in [6.07, 6.45) is 31.4. The first-order chi connectivity index (χ1) is 33.1. The first-order valence-corrected chi connectivity index (χ1v) is 26.9. The molecule has 0 saturated carbocycles. The molecule has 2 aliphatic rings. The van der Waals surface area contributed by atoms with E-state index in [-0.39, 0.29) is 18.9 Å². The summed E-state index contributed by atoms with van der Waals surface area (Å²) < 4.78 is 22.7. The summed E-state index contributed by atoms with van der Waals surface area (Å²) >= 11 is 0. The Hall–Kier alpha value is -2.05. The number of carbonyl (C=O) groups excluding carboxylic acids is 1. The molecule has 9 N–H and O–H groups in total. The van der Waals surface area contributed by atoms with Crippen LogP contribution in [-0.2, 0) is 23.7 Å². The van der Waals surface area contributed by atoms with E-state index in [9.17, 15) is 45.6 Å². The number of allylic oxidation sites excluding steroid dienone is 7. The summed E-state index contributed by atoms with van der Waals surface area (Å²) in [5.74, 6) is -0.260. The quantitative estimate of drug-likeness (QED) is 0.0212. The number of hydrogen-bond donors (Lipinski definition) is 9. The molecular formula is C54H97NO13. The van der Waals surface area contributed by atoms with Gasteiger partial charge in [-0.3, -0.25) is 4.79 Å². The third-order valence-electron chi connectivity index (χ3n) is 13.0. The fourth-order valence-electron chi connectivity index (χ4n) is 8.55. The Bertz CT molecular complexity index is 1330. The maximum absolute atomic E-state index is 13.2. The second kappa shape index (κ2) is 40.5. The van der Waals surface area contributed by atoms with Crippen molar-refractivity contribution in [2.24, 2.45) is 0 Å². The van der Waals surface area contributed by atoms with Crippen LogP contribution >= 0.6 is 0 Å². The number of aliphatic hydroxyl groups excluding tert-OH is 8. The third kappa shape index (κ3) is 27.0. The van der Waals surface area contributed by atoms with Crippen LogP contribution in [0, 0.1) is 0 Å². The second-order valence-electron chi connectivity index (χ2n) is 19.0. The molecule has 0 bridgehead atoms. The summed E-state index contributed by atoms with van der Waals surface area (Å²) in [6.45, 7) is 2.74. The zero-order valence-electron chi connectivity index (χ0n) is 42.1. The van der Waals surface area contributed by atoms with Crippen LogP contribution in [0.4, 0.5) is 0 Å². The summed E-state index contributed by atoms with van der Waals surface area (Å²) in [6, 6.07) is -0.939. The van der Waals surface area contributed by atoms with Gasteiger partial charge in [-0.25, -0.2) is 0 Å². The molecule has 0 aliphatic carbocycles. The topological polar surface area (TPSA) is 228 Å². The predicted octanol–water partition coefficient (Wildman–Crippen LogP) is 7.66. The molecule has 2 saturated heterocycles. The van der Waals surface area contributed by atoms with Gasteiger partial charge in [0, 0.05) is 6.42 Å². The van der Waals surface area contributed by atoms with Crippen LogP contribution in [0.3, 0.4) is 0 Å². The monoisotopic (exact) mass is 968 g/mol. The number of carbonyl (C=O) groups is 1. The first-order valence-electron chi connectivity index (χ1n) is 26.9. The fraction of sp³-hybridized carbons (Fsp3) is 0.833. The van der Waals surface area contributed by atoms with Crippen LogP contribution in [0.2, 0.25) is 0 Å². The molecule has 0 aromatic rings. The molecule has 2 aliphatic heterocycles. The molecule has 0 aromatic heterocycles. The van der Waals surface area contributed by atoms with Crippen LogP contribution in [0.25, 0.3) is 0 Å². The van der Waals surface area contributed by atoms with Gasteiger partial charge in [0.1, 0.15) is 48.8 Å². The lowest BCUT2D eigenvalue weighted by atomic mass is 9.97. The van der Waals surface area contributed by atoms with E-state index in [4.69, 9.17) is 18.9 Å². The lowest BCUT2D eigenvalue weighted by molar-refractivity contribution is -0.359. The highest BCUT2D eigenvalue weighted by Crippen LogP contribution is 2.30. The van der Waals surface area contributed by atoms with E-state index in [0.29, 0.717) is 12.8 Å². The molecule has 2 heterocycles. The minimum absolute atomic E-state index is 0.260. The van der Waals surface area contributed by atoms with E-state index in [0.717, 1.165) is 51.4 Å². The minimum Gasteiger partial charge on any atom is -0.394 e. The highest BCUT2D eigenvalue weighted by Gasteiger charge is 2.51. The summed E-state index contributed by atoms with van der Waals surface area (Å²) in [5, 5.41) is 86.8. The molecule has 12 unspecified atom stereocenters. The van der Waals surface area contributed by atoms with Gasteiger partial charge in [-0.05, 0) is 70.6 Å². The van der Waals surface area contributed by atoms with E-state index in [1.54, 1.807) is 6.08 Å². The number of amides is 1. The number of ether oxygens (including phenoxy) is 4. The number of hydrogen-bond acceptors (Lipinski definition) is 13. The van der Waals surface area contributed by atoms with Crippen molar-refractivity contribution < 1.29 is 64.6 Å². The van der Waals surface area contributed by atoms with Gasteiger partial charge >= 0.3 is 0 Å². The molecule has 14 heteroatoms. The van der Waals surface area contributed by atoms with Gasteiger partial charge in [0.2, 0.25) is 5.91 Å². The smallest absolute Gasteiger partial charge is 0.220 e. The Balaban J connectivity index is 1.86. The molecule has 2 rings (SSSR count). The Morgan fingerprint density at radius 3 is 1.44 bits per heavy atom. The summed E-state index contributed by atoms with van der Waals surface area (Å²) in [7, 11) is 0. The van der Waals surface area contributed by atoms with E-state index < -0.39 is 86.8 Å². The van der Waals surface area contributed by atoms with Gasteiger partial charge in [-0.15, -0.1) is 0 Å². The molecule has 396 valence electrons. The highest BCUT2D eigenvalue weighted by molar-refractivity contribution is 5.76. The molecule has 1 amide bonds. The number of aliphatic hydroxyl groups is 8. The van der Waals surface area contributed by atoms with Crippen LogP contribution in [0.5, 0.6) is 0 Å². The Morgan fingerprint density at radius 1 is 0.515 bits per heavy atom. The maximum Gasteiger partial charge on any atom is 0.220 e. The lowest BCUT2D eigenvalue weighted by Crippen LogP contribution is -2.65. The van der Waals surface area contributed by atoms with Crippen LogP contribution < -0.4 is 5.32 Å². The molecule has 68 heavy (non-hydrogen) atoms. The molecule has 14 nitrogen and oxygen atoms in total. The van der Waals surface area contributed by atoms with Gasteiger partial charge in [0.25, 0.3) is 0 Å². The SMILES string of the molecule is CCCCCCCC/C=C\CCCCCCCCCC(=O)NC(COC1OC(CO)C(OC2OC(CO)C(O)C(O)C2O)C(O)C1O)C(O)/C=C/CC/C=C/CC/C=C/CCCCCCCCC. The van der Waals surface area contributed by atoms with Gasteiger partial charge in [0.15, 0.2) is 12.6 Å². The first kappa shape index (κ1) is 62.1. The molecule has 0 spiro atoms. The van der Waals surface area contributed by atoms with E-state index in [1.165, 1.54) is 109 Å². The van der Waals surface area contributed by atoms with Crippen LogP contribution in [-0.4, -0.2) is 140 Å². The van der Waals surface area contributed by atoms with Crippen molar-refractivity contribution in [2.75, 3.05) is 19.8 Å². The number of rotatable bonds is 41. The van der Waals surface area contributed by atoms with E-state index in [1.807, 2.05) is 6.08 Å². The Morgan fingerprint density at radius 2 is 0.941 bits per heavy atom. The standard InChI is InChI=1S/C54H97NO13/c1-3-5-7-9-11-13-15-17-19-21-23-25-27-29-31-33-35-37-43(58)42(55-46(59)38-36-34-32-30-28-26-24-22-20-18-16-14-12-10-8-6-4-2)41-65-53-51(64)49(62)52(45(40-57)67-53)68-54-50(63)48(61)47(60)44(39-56)66-54/h18-21,27,29,35,37,42-45,47-54,56-58,60-64H,3-17,22-26,28,30-34,36,38-41H2,1-2H3,(H,55,59)/b20-18-,21-19+,29-27+,37-35+. The predicted molar refractivity (Wildman–Crippen MR) is 267 cm³/mol. The average molecular weight is 968 g/mol. The van der Waals surface area contributed by atoms with E-state index >= 15 is 0 Å². The van der Waals surface area contributed by atoms with Gasteiger partial charge in [-0.2, -0.15) is 0 Å². The van der Waals surface area contributed by atoms with Crippen molar-refractivity contribution >= 4 is 5.91 Å². The van der Waals surface area contributed by atoms with Crippen molar-refractivity contribution in [3.8, 4) is 0 Å². The average Bonchev–Trinajstić information content (AvgIpc) is 3.34.